The van der Waals surface area contributed by atoms with Crippen molar-refractivity contribution in [2.45, 2.75) is 0 Å². The minimum atomic E-state index is -0.833. The van der Waals surface area contributed by atoms with E-state index in [1.807, 2.05) is 0 Å². The predicted molar refractivity (Wildman–Crippen MR) is 26.6 cm³/mol. The van der Waals surface area contributed by atoms with Gasteiger partial charge >= 0.3 is 0 Å². The van der Waals surface area contributed by atoms with Gasteiger partial charge in [-0.2, -0.15) is 0 Å². The van der Waals surface area contributed by atoms with Gasteiger partial charge < -0.3 is 17.4 Å². The van der Waals surface area contributed by atoms with Gasteiger partial charge in [-0.3, -0.25) is 4.79 Å². The zero-order chi connectivity index (χ0) is 3.58. The van der Waals surface area contributed by atoms with E-state index in [4.69, 9.17) is 9.90 Å². The highest BCUT2D eigenvalue weighted by molar-refractivity contribution is 6.54. The molecule has 0 amide bonds. The second-order valence-corrected chi connectivity index (χ2v) is 0.519. The molecule has 5 heteroatoms. The van der Waals surface area contributed by atoms with Gasteiger partial charge in [0.15, 0.2) is 0 Å². The maximum absolute atomic E-state index is 9.00. The molecule has 0 radical (unpaired) electrons. The molecule has 0 saturated heterocycles. The Bertz CT molecular complexity index is 34.5. The SMILES string of the molecule is BC(=O)O.N.N. The van der Waals surface area contributed by atoms with Crippen molar-refractivity contribution in [2.24, 2.45) is 0 Å². The molecule has 0 aromatic heterocycles. The maximum Gasteiger partial charge on any atom is 0.242 e. The second kappa shape index (κ2) is 8.82. The summed E-state index contributed by atoms with van der Waals surface area (Å²) >= 11 is 0. The average molecular weight is 91.9 g/mol. The molecule has 38 valence electrons. The second-order valence-electron chi connectivity index (χ2n) is 0.519. The van der Waals surface area contributed by atoms with E-state index in [2.05, 4.69) is 0 Å². The third kappa shape index (κ3) is 70.1. The van der Waals surface area contributed by atoms with Crippen LogP contribution in [-0.2, 0) is 0 Å². The molecule has 0 aromatic carbocycles. The molecule has 0 aromatic rings. The third-order valence-electron chi connectivity index (χ3n) is 0. The molecule has 0 fully saturated rings. The number of carbonyl (C=O) groups is 1. The molecule has 0 aliphatic rings. The number of rotatable bonds is 0. The molecule has 0 heterocycles. The van der Waals surface area contributed by atoms with Crippen molar-refractivity contribution < 1.29 is 9.90 Å². The van der Waals surface area contributed by atoms with E-state index >= 15 is 0 Å². The van der Waals surface area contributed by atoms with Crippen LogP contribution in [0.5, 0.6) is 0 Å². The predicted octanol–water partition coefficient (Wildman–Crippen LogP) is -0.379. The van der Waals surface area contributed by atoms with E-state index in [1.165, 1.54) is 0 Å². The van der Waals surface area contributed by atoms with Gasteiger partial charge in [-0.1, -0.05) is 0 Å². The van der Waals surface area contributed by atoms with Crippen molar-refractivity contribution in [3.8, 4) is 0 Å². The lowest BCUT2D eigenvalue weighted by Gasteiger charge is -1.59. The van der Waals surface area contributed by atoms with Gasteiger partial charge in [0.05, 0.1) is 0 Å². The minimum Gasteiger partial charge on any atom is -0.490 e. The summed E-state index contributed by atoms with van der Waals surface area (Å²) in [5.74, 6) is -0.833. The molecule has 0 aliphatic carbocycles. The highest BCUT2D eigenvalue weighted by Crippen LogP contribution is 1.41. The van der Waals surface area contributed by atoms with Gasteiger partial charge in [0.1, 0.15) is 0 Å². The number of hydrogen-bond donors (Lipinski definition) is 3. The highest BCUT2D eigenvalue weighted by atomic mass is 16.4. The van der Waals surface area contributed by atoms with Crippen LogP contribution in [0, 0.1) is 0 Å². The van der Waals surface area contributed by atoms with Gasteiger partial charge in [-0.15, -0.1) is 0 Å². The van der Waals surface area contributed by atoms with Gasteiger partial charge in [-0.25, -0.2) is 0 Å². The van der Waals surface area contributed by atoms with Crippen molar-refractivity contribution >= 4 is 13.7 Å². The monoisotopic (exact) mass is 92.1 g/mol. The summed E-state index contributed by atoms with van der Waals surface area (Å²) in [4.78, 5) is 9.00. The first kappa shape index (κ1) is 18.0. The summed E-state index contributed by atoms with van der Waals surface area (Å²) in [6, 6.07) is 0. The van der Waals surface area contributed by atoms with E-state index in [0.29, 0.717) is 0 Å². The quantitative estimate of drug-likeness (QED) is 0.354. The standard InChI is InChI=1S/CH3BO2.2H3N/c2-1(3)4;;/h2H2,(H,3,4);2*1H3. The Morgan fingerprint density at radius 2 is 1.50 bits per heavy atom. The Hall–Kier alpha value is -0.545. The van der Waals surface area contributed by atoms with Crippen LogP contribution < -0.4 is 12.3 Å². The van der Waals surface area contributed by atoms with Crippen LogP contribution in [0.2, 0.25) is 0 Å². The molecule has 0 rings (SSSR count). The van der Waals surface area contributed by atoms with Crippen molar-refractivity contribution in [3.63, 3.8) is 0 Å². The molecule has 4 nitrogen and oxygen atoms in total. The minimum absolute atomic E-state index is 0. The van der Waals surface area contributed by atoms with Crippen molar-refractivity contribution in [3.05, 3.63) is 0 Å². The summed E-state index contributed by atoms with van der Waals surface area (Å²) in [5.41, 5.74) is 0. The Morgan fingerprint density at radius 1 is 1.50 bits per heavy atom. The van der Waals surface area contributed by atoms with Crippen molar-refractivity contribution in [2.75, 3.05) is 0 Å². The summed E-state index contributed by atoms with van der Waals surface area (Å²) in [5, 5.41) is 7.42. The topological polar surface area (TPSA) is 107 Å². The van der Waals surface area contributed by atoms with Crippen LogP contribution >= 0.6 is 0 Å². The van der Waals surface area contributed by atoms with Crippen LogP contribution in [0.1, 0.15) is 0 Å². The smallest absolute Gasteiger partial charge is 0.242 e. The highest BCUT2D eigenvalue weighted by Gasteiger charge is 1.67. The fourth-order valence-corrected chi connectivity index (χ4v) is 0. The van der Waals surface area contributed by atoms with Gasteiger partial charge in [-0.05, 0) is 0 Å². The fraction of sp³-hybridized carbons (Fsp3) is 0. The fourth-order valence-electron chi connectivity index (χ4n) is 0. The van der Waals surface area contributed by atoms with Gasteiger partial charge in [0, 0.05) is 0 Å². The van der Waals surface area contributed by atoms with E-state index < -0.39 is 5.87 Å². The van der Waals surface area contributed by atoms with E-state index in [9.17, 15) is 0 Å². The average Bonchev–Trinajstić information content (AvgIpc) is 0.811. The summed E-state index contributed by atoms with van der Waals surface area (Å²) < 4.78 is 0. The van der Waals surface area contributed by atoms with Crippen LogP contribution in [0.25, 0.3) is 0 Å². The lowest BCUT2D eigenvalue weighted by atomic mass is 10.2. The lowest BCUT2D eigenvalue weighted by Crippen LogP contribution is -1.83. The first-order valence-electron chi connectivity index (χ1n) is 0.928. The van der Waals surface area contributed by atoms with E-state index in [1.54, 1.807) is 0 Å². The van der Waals surface area contributed by atoms with Crippen molar-refractivity contribution in [1.29, 1.82) is 0 Å². The normalized spacial score (nSPS) is 4.00. The van der Waals surface area contributed by atoms with Crippen LogP contribution in [-0.4, -0.2) is 18.8 Å². The van der Waals surface area contributed by atoms with Crippen LogP contribution in [0.4, 0.5) is 4.79 Å². The molecule has 0 spiro atoms. The molecule has 6 heavy (non-hydrogen) atoms. The first-order chi connectivity index (χ1) is 1.73. The number of hydrogen-bond acceptors (Lipinski definition) is 3. The molecule has 7 N–H and O–H groups in total. The summed E-state index contributed by atoms with van der Waals surface area (Å²) in [7, 11) is 1.08. The molecule has 0 aliphatic heterocycles. The molecular formula is CH9BN2O2. The zero-order valence-corrected chi connectivity index (χ0v) is 3.77. The molecule has 0 atom stereocenters. The molecule has 0 unspecified atom stereocenters. The molecule has 0 saturated carbocycles. The van der Waals surface area contributed by atoms with Crippen LogP contribution in [0.15, 0.2) is 0 Å². The molecule has 0 bridgehead atoms. The maximum atomic E-state index is 9.00. The van der Waals surface area contributed by atoms with Crippen molar-refractivity contribution in [1.82, 2.24) is 12.3 Å². The Balaban J connectivity index is -0.0000000450. The number of carboxylic acid groups (broad SMARTS) is 1. The van der Waals surface area contributed by atoms with Gasteiger partial charge in [0.25, 0.3) is 0 Å². The van der Waals surface area contributed by atoms with E-state index in [0.717, 1.165) is 7.85 Å². The molecular weight excluding hydrogens is 82.8 g/mol. The third-order valence-corrected chi connectivity index (χ3v) is 0. The Labute approximate surface area is 37.1 Å². The van der Waals surface area contributed by atoms with Crippen LogP contribution in [0.3, 0.4) is 0 Å². The summed E-state index contributed by atoms with van der Waals surface area (Å²) in [6.07, 6.45) is 0. The summed E-state index contributed by atoms with van der Waals surface area (Å²) in [6.45, 7) is 0. The first-order valence-corrected chi connectivity index (χ1v) is 0.928. The zero-order valence-electron chi connectivity index (χ0n) is 3.77. The Kier molecular flexibility index (Phi) is 26.4. The lowest BCUT2D eigenvalue weighted by molar-refractivity contribution is 0.220. The largest absolute Gasteiger partial charge is 0.490 e. The van der Waals surface area contributed by atoms with Gasteiger partial charge in [0.2, 0.25) is 13.7 Å². The Morgan fingerprint density at radius 3 is 1.50 bits per heavy atom. The van der Waals surface area contributed by atoms with E-state index in [-0.39, 0.29) is 12.3 Å².